The highest BCUT2D eigenvalue weighted by molar-refractivity contribution is 7.16. The standard InChI is InChI=1S/C21H16N2O4S/c22-11-16-15-7-4-8-17(15)28-20(16)23-18(24)12-27-21(25)19-14(9-10-26-19)13-5-2-1-3-6-13/h1-3,5-6,9-10H,4,7-8,12H2,(H,23,24). The summed E-state index contributed by atoms with van der Waals surface area (Å²) in [5.74, 6) is -1.16. The van der Waals surface area contributed by atoms with Gasteiger partial charge in [0.05, 0.1) is 11.8 Å². The maximum absolute atomic E-state index is 12.3. The summed E-state index contributed by atoms with van der Waals surface area (Å²) in [5, 5.41) is 12.6. The number of fused-ring (bicyclic) bond motifs is 1. The van der Waals surface area contributed by atoms with E-state index in [0.717, 1.165) is 35.3 Å². The summed E-state index contributed by atoms with van der Waals surface area (Å²) in [6.45, 7) is -0.457. The molecule has 1 amide bonds. The molecule has 0 radical (unpaired) electrons. The molecule has 1 aliphatic rings. The number of aryl methyl sites for hydroxylation is 1. The first-order valence-electron chi connectivity index (χ1n) is 8.82. The lowest BCUT2D eigenvalue weighted by Crippen LogP contribution is -2.21. The number of nitrogens with one attached hydrogen (secondary N) is 1. The molecule has 0 unspecified atom stereocenters. The molecule has 1 N–H and O–H groups in total. The van der Waals surface area contributed by atoms with E-state index in [2.05, 4.69) is 11.4 Å². The molecule has 2 aromatic heterocycles. The molecular weight excluding hydrogens is 376 g/mol. The molecule has 0 fully saturated rings. The minimum Gasteiger partial charge on any atom is -0.457 e. The minimum atomic E-state index is -0.715. The molecule has 0 bridgehead atoms. The van der Waals surface area contributed by atoms with Crippen LogP contribution >= 0.6 is 11.3 Å². The van der Waals surface area contributed by atoms with Crippen LogP contribution in [0.5, 0.6) is 0 Å². The maximum atomic E-state index is 12.3. The number of nitriles is 1. The molecule has 0 atom stereocenters. The van der Waals surface area contributed by atoms with E-state index in [-0.39, 0.29) is 5.76 Å². The Bertz CT molecular complexity index is 1080. The Morgan fingerprint density at radius 1 is 1.21 bits per heavy atom. The summed E-state index contributed by atoms with van der Waals surface area (Å²) in [6.07, 6.45) is 4.24. The van der Waals surface area contributed by atoms with Crippen LogP contribution in [-0.2, 0) is 22.4 Å². The lowest BCUT2D eigenvalue weighted by Gasteiger charge is -2.06. The van der Waals surface area contributed by atoms with Crippen LogP contribution in [0.3, 0.4) is 0 Å². The van der Waals surface area contributed by atoms with Gasteiger partial charge in [-0.3, -0.25) is 4.79 Å². The Labute approximate surface area is 165 Å². The van der Waals surface area contributed by atoms with Gasteiger partial charge in [-0.2, -0.15) is 5.26 Å². The fourth-order valence-corrected chi connectivity index (χ4v) is 4.54. The number of hydrogen-bond donors (Lipinski definition) is 1. The molecule has 2 heterocycles. The first-order chi connectivity index (χ1) is 13.7. The van der Waals surface area contributed by atoms with Gasteiger partial charge in [0.15, 0.2) is 6.61 Å². The lowest BCUT2D eigenvalue weighted by molar-refractivity contribution is -0.119. The van der Waals surface area contributed by atoms with Gasteiger partial charge in [-0.15, -0.1) is 11.3 Å². The van der Waals surface area contributed by atoms with Gasteiger partial charge in [0.25, 0.3) is 5.91 Å². The highest BCUT2D eigenvalue weighted by Gasteiger charge is 2.24. The van der Waals surface area contributed by atoms with Crippen molar-refractivity contribution in [3.8, 4) is 17.2 Å². The van der Waals surface area contributed by atoms with Crippen molar-refractivity contribution in [2.45, 2.75) is 19.3 Å². The van der Waals surface area contributed by atoms with E-state index in [0.29, 0.717) is 16.1 Å². The Balaban J connectivity index is 1.41. The number of carbonyl (C=O) groups is 2. The molecule has 4 rings (SSSR count). The zero-order valence-electron chi connectivity index (χ0n) is 14.9. The zero-order valence-corrected chi connectivity index (χ0v) is 15.7. The van der Waals surface area contributed by atoms with Crippen molar-refractivity contribution in [2.75, 3.05) is 11.9 Å². The summed E-state index contributed by atoms with van der Waals surface area (Å²) in [6, 6.07) is 13.1. The summed E-state index contributed by atoms with van der Waals surface area (Å²) >= 11 is 1.42. The molecule has 1 aromatic carbocycles. The topological polar surface area (TPSA) is 92.3 Å². The third-order valence-electron chi connectivity index (χ3n) is 4.56. The van der Waals surface area contributed by atoms with Crippen molar-refractivity contribution < 1.29 is 18.7 Å². The molecule has 7 heteroatoms. The van der Waals surface area contributed by atoms with Crippen molar-refractivity contribution in [1.82, 2.24) is 0 Å². The van der Waals surface area contributed by atoms with Gasteiger partial charge < -0.3 is 14.5 Å². The van der Waals surface area contributed by atoms with Gasteiger partial charge in [-0.1, -0.05) is 30.3 Å². The van der Waals surface area contributed by atoms with Gasteiger partial charge in [0, 0.05) is 10.4 Å². The molecular formula is C21H16N2O4S. The van der Waals surface area contributed by atoms with E-state index in [1.54, 1.807) is 6.07 Å². The fourth-order valence-electron chi connectivity index (χ4n) is 3.28. The van der Waals surface area contributed by atoms with Gasteiger partial charge in [-0.05, 0) is 36.5 Å². The SMILES string of the molecule is N#Cc1c(NC(=O)COC(=O)c2occc2-c2ccccc2)sc2c1CCC2. The molecule has 0 saturated carbocycles. The second kappa shape index (κ2) is 7.71. The Morgan fingerprint density at radius 3 is 2.82 bits per heavy atom. The number of thiophene rings is 1. The summed E-state index contributed by atoms with van der Waals surface area (Å²) in [5.41, 5.74) is 2.98. The van der Waals surface area contributed by atoms with Crippen LogP contribution in [0, 0.1) is 11.3 Å². The first-order valence-corrected chi connectivity index (χ1v) is 9.63. The van der Waals surface area contributed by atoms with Crippen LogP contribution in [0.25, 0.3) is 11.1 Å². The second-order valence-electron chi connectivity index (χ2n) is 6.33. The molecule has 0 aliphatic heterocycles. The second-order valence-corrected chi connectivity index (χ2v) is 7.43. The van der Waals surface area contributed by atoms with E-state index < -0.39 is 18.5 Å². The van der Waals surface area contributed by atoms with Crippen LogP contribution in [-0.4, -0.2) is 18.5 Å². The molecule has 3 aromatic rings. The maximum Gasteiger partial charge on any atom is 0.375 e. The number of benzene rings is 1. The predicted octanol–water partition coefficient (Wildman–Crippen LogP) is 4.16. The van der Waals surface area contributed by atoms with Gasteiger partial charge >= 0.3 is 5.97 Å². The summed E-state index contributed by atoms with van der Waals surface area (Å²) < 4.78 is 10.4. The monoisotopic (exact) mass is 392 g/mol. The Kier molecular flexibility index (Phi) is 4.96. The molecule has 140 valence electrons. The minimum absolute atomic E-state index is 0.0480. The average Bonchev–Trinajstić information content (AvgIpc) is 3.42. The van der Waals surface area contributed by atoms with Crippen LogP contribution in [0.2, 0.25) is 0 Å². The van der Waals surface area contributed by atoms with E-state index in [9.17, 15) is 14.9 Å². The van der Waals surface area contributed by atoms with E-state index in [1.807, 2.05) is 30.3 Å². The number of rotatable bonds is 5. The third-order valence-corrected chi connectivity index (χ3v) is 5.76. The highest BCUT2D eigenvalue weighted by Crippen LogP contribution is 2.38. The van der Waals surface area contributed by atoms with Gasteiger partial charge in [-0.25, -0.2) is 4.79 Å². The van der Waals surface area contributed by atoms with Crippen molar-refractivity contribution in [1.29, 1.82) is 5.26 Å². The number of amides is 1. The largest absolute Gasteiger partial charge is 0.457 e. The van der Waals surface area contributed by atoms with E-state index in [1.165, 1.54) is 17.6 Å². The number of ether oxygens (including phenoxy) is 1. The predicted molar refractivity (Wildman–Crippen MR) is 104 cm³/mol. The lowest BCUT2D eigenvalue weighted by atomic mass is 10.1. The first kappa shape index (κ1) is 18.0. The highest BCUT2D eigenvalue weighted by atomic mass is 32.1. The van der Waals surface area contributed by atoms with Crippen LogP contribution < -0.4 is 5.32 Å². The average molecular weight is 392 g/mol. The summed E-state index contributed by atoms with van der Waals surface area (Å²) in [7, 11) is 0. The Morgan fingerprint density at radius 2 is 2.04 bits per heavy atom. The number of hydrogen-bond acceptors (Lipinski definition) is 6. The normalized spacial score (nSPS) is 12.2. The molecule has 28 heavy (non-hydrogen) atoms. The van der Waals surface area contributed by atoms with Crippen molar-refractivity contribution >= 4 is 28.2 Å². The molecule has 6 nitrogen and oxygen atoms in total. The van der Waals surface area contributed by atoms with Crippen LogP contribution in [0.15, 0.2) is 47.1 Å². The quantitative estimate of drug-likeness (QED) is 0.658. The Hall–Kier alpha value is -3.37. The zero-order chi connectivity index (χ0) is 19.5. The van der Waals surface area contributed by atoms with E-state index >= 15 is 0 Å². The third kappa shape index (κ3) is 3.42. The molecule has 1 aliphatic carbocycles. The number of nitrogens with zero attached hydrogens (tertiary/aromatic N) is 1. The van der Waals surface area contributed by atoms with Crippen LogP contribution in [0.4, 0.5) is 5.00 Å². The molecule has 0 spiro atoms. The number of furan rings is 1. The number of esters is 1. The number of carbonyl (C=O) groups excluding carboxylic acids is 2. The van der Waals surface area contributed by atoms with Crippen molar-refractivity contribution in [3.05, 3.63) is 64.4 Å². The van der Waals surface area contributed by atoms with Crippen molar-refractivity contribution in [3.63, 3.8) is 0 Å². The van der Waals surface area contributed by atoms with E-state index in [4.69, 9.17) is 9.15 Å². The van der Waals surface area contributed by atoms with Crippen molar-refractivity contribution in [2.24, 2.45) is 0 Å². The smallest absolute Gasteiger partial charge is 0.375 e. The number of anilines is 1. The fraction of sp³-hybridized carbons (Fsp3) is 0.190. The van der Waals surface area contributed by atoms with Crippen LogP contribution in [0.1, 0.15) is 33.0 Å². The van der Waals surface area contributed by atoms with Gasteiger partial charge in [0.1, 0.15) is 11.1 Å². The summed E-state index contributed by atoms with van der Waals surface area (Å²) in [4.78, 5) is 25.7. The molecule has 0 saturated heterocycles. The van der Waals surface area contributed by atoms with Gasteiger partial charge in [0.2, 0.25) is 5.76 Å².